The Hall–Kier alpha value is -4.54. The zero-order valence-corrected chi connectivity index (χ0v) is 26.5. The molecule has 0 aromatic heterocycles. The quantitative estimate of drug-likeness (QED) is 0.0784. The van der Waals surface area contributed by atoms with Gasteiger partial charge in [0.2, 0.25) is 0 Å². The van der Waals surface area contributed by atoms with Gasteiger partial charge >= 0.3 is 32.0 Å². The van der Waals surface area contributed by atoms with Crippen LogP contribution in [-0.2, 0) is 24.7 Å². The molecule has 17 heteroatoms. The third-order valence-electron chi connectivity index (χ3n) is 7.05. The van der Waals surface area contributed by atoms with Crippen molar-refractivity contribution in [1.29, 1.82) is 0 Å². The molecule has 4 aromatic carbocycles. The van der Waals surface area contributed by atoms with Crippen molar-refractivity contribution in [3.63, 3.8) is 0 Å². The normalized spacial score (nSPS) is 13.1. The second kappa shape index (κ2) is 15.1. The Morgan fingerprint density at radius 2 is 0.880 bits per heavy atom. The van der Waals surface area contributed by atoms with Gasteiger partial charge in [-0.2, -0.15) is 83.0 Å². The monoisotopic (exact) mass is 725 g/mol. The second-order valence-electron chi connectivity index (χ2n) is 11.5. The molecule has 0 saturated heterocycles. The highest BCUT2D eigenvalue weighted by molar-refractivity contribution is 6.39. The Balaban J connectivity index is 0.000000578. The van der Waals surface area contributed by atoms with E-state index in [1.165, 1.54) is 12.1 Å². The van der Waals surface area contributed by atoms with Crippen LogP contribution in [0.2, 0.25) is 0 Å². The lowest BCUT2D eigenvalue weighted by Gasteiger charge is -2.33. The van der Waals surface area contributed by atoms with Gasteiger partial charge in [-0.1, -0.05) is 5.56 Å². The Labute approximate surface area is 279 Å². The number of hydrogen-bond donors (Lipinski definition) is 0. The van der Waals surface area contributed by atoms with Crippen LogP contribution in [0.15, 0.2) is 91.0 Å². The van der Waals surface area contributed by atoms with Gasteiger partial charge in [-0.25, -0.2) is 0 Å². The van der Waals surface area contributed by atoms with Crippen molar-refractivity contribution in [2.45, 2.75) is 37.7 Å². The van der Waals surface area contributed by atoms with E-state index in [4.69, 9.17) is 14.0 Å². The Morgan fingerprint density at radius 1 is 0.520 bits per heavy atom. The van der Waals surface area contributed by atoms with Gasteiger partial charge < -0.3 is 18.4 Å². The van der Waals surface area contributed by atoms with Crippen LogP contribution in [0.25, 0.3) is 0 Å². The molecule has 0 amide bonds. The Morgan fingerprint density at radius 3 is 1.22 bits per heavy atom. The summed E-state index contributed by atoms with van der Waals surface area (Å²) in [6.45, 7) is 1.66. The topological polar surface area (TPSA) is 27.7 Å². The largest absolute Gasteiger partial charge is 0.864 e. The van der Waals surface area contributed by atoms with Crippen LogP contribution >= 0.6 is 0 Å². The smallest absolute Gasteiger partial charge is 0.490 e. The van der Waals surface area contributed by atoms with Gasteiger partial charge in [0.25, 0.3) is 0 Å². The SMILES string of the molecule is CC(c1cc(C(F)(F)F)ccc1OB(Oc1ccc(C(F)(F)F)cc1)Oc1ccc(C(F)(F)F)cc1)[N+](C)(C)C.FC(F)(F)c1cc[c-]cc1. The van der Waals surface area contributed by atoms with E-state index in [-0.39, 0.29) is 27.3 Å². The zero-order chi connectivity index (χ0) is 37.7. The number of hydrogen-bond acceptors (Lipinski definition) is 3. The summed E-state index contributed by atoms with van der Waals surface area (Å²) in [5.74, 6) is -0.437. The maximum absolute atomic E-state index is 13.5. The molecule has 0 spiro atoms. The predicted octanol–water partition coefficient (Wildman–Crippen LogP) is 10.5. The van der Waals surface area contributed by atoms with Crippen LogP contribution in [0.1, 0.15) is 40.8 Å². The molecule has 50 heavy (non-hydrogen) atoms. The van der Waals surface area contributed by atoms with Crippen molar-refractivity contribution in [3.8, 4) is 17.2 Å². The van der Waals surface area contributed by atoms with Gasteiger partial charge in [0.15, 0.2) is 0 Å². The van der Waals surface area contributed by atoms with Gasteiger partial charge in [-0.3, -0.25) is 0 Å². The lowest BCUT2D eigenvalue weighted by molar-refractivity contribution is -0.900. The summed E-state index contributed by atoms with van der Waals surface area (Å²) in [7, 11) is 3.40. The molecule has 0 aliphatic heterocycles. The molecule has 4 rings (SSSR count). The van der Waals surface area contributed by atoms with Crippen molar-refractivity contribution in [1.82, 2.24) is 0 Å². The number of benzene rings is 4. The van der Waals surface area contributed by atoms with Crippen LogP contribution < -0.4 is 14.0 Å². The minimum atomic E-state index is -4.66. The summed E-state index contributed by atoms with van der Waals surface area (Å²) < 4.78 is 171. The fourth-order valence-corrected chi connectivity index (χ4v) is 3.99. The molecule has 270 valence electrons. The summed E-state index contributed by atoms with van der Waals surface area (Å²) >= 11 is 0. The first-order valence-corrected chi connectivity index (χ1v) is 14.3. The average molecular weight is 725 g/mol. The van der Waals surface area contributed by atoms with Gasteiger partial charge in [0, 0.05) is 0 Å². The van der Waals surface area contributed by atoms with Crippen molar-refractivity contribution < 1.29 is 71.1 Å². The van der Waals surface area contributed by atoms with Gasteiger partial charge in [0.1, 0.15) is 23.3 Å². The van der Waals surface area contributed by atoms with Gasteiger partial charge in [-0.15, -0.1) is 0 Å². The molecule has 0 N–H and O–H groups in total. The van der Waals surface area contributed by atoms with Crippen molar-refractivity contribution >= 4 is 7.32 Å². The first-order chi connectivity index (χ1) is 22.9. The molecular weight excluding hydrogens is 697 g/mol. The summed E-state index contributed by atoms with van der Waals surface area (Å²) in [4.78, 5) is 0. The number of quaternary nitrogens is 1. The highest BCUT2D eigenvalue weighted by Crippen LogP contribution is 2.38. The van der Waals surface area contributed by atoms with Crippen molar-refractivity contribution in [2.75, 3.05) is 21.1 Å². The lowest BCUT2D eigenvalue weighted by Crippen LogP contribution is -2.40. The first kappa shape index (κ1) is 39.9. The molecule has 1 unspecified atom stereocenters. The van der Waals surface area contributed by atoms with Crippen LogP contribution in [0, 0.1) is 6.07 Å². The predicted molar refractivity (Wildman–Crippen MR) is 159 cm³/mol. The zero-order valence-electron chi connectivity index (χ0n) is 26.5. The minimum absolute atomic E-state index is 0.0997. The number of halogens is 12. The number of rotatable bonds is 8. The highest BCUT2D eigenvalue weighted by Gasteiger charge is 2.38. The average Bonchev–Trinajstić information content (AvgIpc) is 3.00. The third kappa shape index (κ3) is 11.5. The second-order valence-corrected chi connectivity index (χ2v) is 11.5. The molecule has 0 aliphatic rings. The highest BCUT2D eigenvalue weighted by atomic mass is 19.4. The first-order valence-electron chi connectivity index (χ1n) is 14.3. The van der Waals surface area contributed by atoms with Crippen LogP contribution in [0.4, 0.5) is 52.7 Å². The molecule has 0 aliphatic carbocycles. The van der Waals surface area contributed by atoms with Crippen LogP contribution in [-0.4, -0.2) is 32.9 Å². The van der Waals surface area contributed by atoms with Gasteiger partial charge in [0.05, 0.1) is 43.4 Å². The van der Waals surface area contributed by atoms with E-state index in [0.717, 1.165) is 78.9 Å². The third-order valence-corrected chi connectivity index (χ3v) is 7.05. The number of alkyl halides is 12. The molecule has 0 heterocycles. The van der Waals surface area contributed by atoms with Crippen molar-refractivity contribution in [2.24, 2.45) is 0 Å². The molecule has 0 bridgehead atoms. The summed E-state index contributed by atoms with van der Waals surface area (Å²) in [5.41, 5.74) is -3.41. The van der Waals surface area contributed by atoms with E-state index < -0.39 is 60.3 Å². The summed E-state index contributed by atoms with van der Waals surface area (Å²) in [6, 6.07) is 15.9. The number of nitrogens with zero attached hydrogens (tertiary/aromatic N) is 1. The fourth-order valence-electron chi connectivity index (χ4n) is 3.99. The molecule has 0 radical (unpaired) electrons. The Bertz CT molecular complexity index is 1610. The van der Waals surface area contributed by atoms with Crippen LogP contribution in [0.5, 0.6) is 17.2 Å². The Kier molecular flexibility index (Phi) is 12.1. The van der Waals surface area contributed by atoms with E-state index in [1.807, 2.05) is 0 Å². The maximum Gasteiger partial charge on any atom is 0.864 e. The van der Waals surface area contributed by atoms with Crippen molar-refractivity contribution in [3.05, 3.63) is 125 Å². The summed E-state index contributed by atoms with van der Waals surface area (Å²) in [6.07, 6.45) is -18.1. The molecule has 0 saturated carbocycles. The van der Waals surface area contributed by atoms with E-state index in [2.05, 4.69) is 6.07 Å². The van der Waals surface area contributed by atoms with E-state index >= 15 is 0 Å². The van der Waals surface area contributed by atoms with Gasteiger partial charge in [-0.05, 0) is 73.7 Å². The molecular formula is C33H28BF12NO3. The van der Waals surface area contributed by atoms with E-state index in [0.29, 0.717) is 0 Å². The maximum atomic E-state index is 13.5. The fraction of sp³-hybridized carbons (Fsp3) is 0.273. The molecule has 4 aromatic rings. The summed E-state index contributed by atoms with van der Waals surface area (Å²) in [5, 5.41) is 0. The van der Waals surface area contributed by atoms with E-state index in [1.54, 1.807) is 28.1 Å². The lowest BCUT2D eigenvalue weighted by atomic mass is 10.0. The van der Waals surface area contributed by atoms with E-state index in [9.17, 15) is 52.7 Å². The molecule has 1 atom stereocenters. The molecule has 0 fully saturated rings. The molecule has 4 nitrogen and oxygen atoms in total. The van der Waals surface area contributed by atoms with Crippen LogP contribution in [0.3, 0.4) is 0 Å². The minimum Gasteiger partial charge on any atom is -0.490 e. The standard InChI is InChI=1S/C26H24BF9NO3.C7H4F3/c1-16(37(2,3)4)22-15-19(26(34,35)36)9-14-23(22)40-27(38-20-10-5-17(6-11-20)24(28,29)30)39-21-12-7-18(8-13-21)25(31,32)33;8-7(9,10)6-4-2-1-3-5-6/h5-16H,1-4H3;2-5H/q+1;-1.